The summed E-state index contributed by atoms with van der Waals surface area (Å²) in [5.74, 6) is 1.53. The summed E-state index contributed by atoms with van der Waals surface area (Å²) in [6.07, 6.45) is 1.09. The lowest BCUT2D eigenvalue weighted by Gasteiger charge is -2.34. The van der Waals surface area contributed by atoms with Crippen molar-refractivity contribution < 1.29 is 13.2 Å². The quantitative estimate of drug-likeness (QED) is 0.858. The summed E-state index contributed by atoms with van der Waals surface area (Å²) in [6.45, 7) is 7.92. The summed E-state index contributed by atoms with van der Waals surface area (Å²) in [4.78, 5) is 0.349. The fraction of sp³-hybridized carbons (Fsp3) is 0.600. The van der Waals surface area contributed by atoms with Crippen LogP contribution in [0, 0.1) is 11.8 Å². The smallest absolute Gasteiger partial charge is 0.243 e. The Morgan fingerprint density at radius 3 is 2.20 bits per heavy atom. The third kappa shape index (κ3) is 3.33. The lowest BCUT2D eigenvalue weighted by atomic mass is 9.94. The number of benzene rings is 1. The highest BCUT2D eigenvalue weighted by atomic mass is 32.2. The van der Waals surface area contributed by atoms with Crippen molar-refractivity contribution in [2.24, 2.45) is 11.8 Å². The first-order valence-electron chi connectivity index (χ1n) is 7.16. The molecule has 2 atom stereocenters. The second-order valence-electron chi connectivity index (χ2n) is 5.67. The SMILES string of the molecule is CCOc1ccc(S(=O)(=O)N2C[C@H](C)C[C@H](C)C2)cc1. The lowest BCUT2D eigenvalue weighted by Crippen LogP contribution is -2.42. The zero-order valence-electron chi connectivity index (χ0n) is 12.4. The van der Waals surface area contributed by atoms with E-state index in [4.69, 9.17) is 4.74 Å². The van der Waals surface area contributed by atoms with Gasteiger partial charge in [-0.1, -0.05) is 13.8 Å². The molecule has 1 aliphatic rings. The molecular weight excluding hydrogens is 274 g/mol. The van der Waals surface area contributed by atoms with E-state index in [0.29, 0.717) is 42.2 Å². The van der Waals surface area contributed by atoms with Crippen molar-refractivity contribution in [3.63, 3.8) is 0 Å². The Kier molecular flexibility index (Phi) is 4.70. The molecule has 0 bridgehead atoms. The number of piperidine rings is 1. The second kappa shape index (κ2) is 6.14. The Balaban J connectivity index is 2.21. The minimum absolute atomic E-state index is 0.349. The van der Waals surface area contributed by atoms with Gasteiger partial charge >= 0.3 is 0 Å². The van der Waals surface area contributed by atoms with E-state index in [9.17, 15) is 8.42 Å². The number of ether oxygens (including phenoxy) is 1. The monoisotopic (exact) mass is 297 g/mol. The molecule has 0 unspecified atom stereocenters. The van der Waals surface area contributed by atoms with Gasteiger partial charge in [-0.3, -0.25) is 0 Å². The Hall–Kier alpha value is -1.07. The average Bonchev–Trinajstić information content (AvgIpc) is 2.38. The molecule has 1 aromatic carbocycles. The Morgan fingerprint density at radius 2 is 1.70 bits per heavy atom. The van der Waals surface area contributed by atoms with Gasteiger partial charge < -0.3 is 4.74 Å². The first kappa shape index (κ1) is 15.3. The zero-order valence-corrected chi connectivity index (χ0v) is 13.2. The molecule has 1 saturated heterocycles. The van der Waals surface area contributed by atoms with E-state index >= 15 is 0 Å². The van der Waals surface area contributed by atoms with E-state index in [-0.39, 0.29) is 0 Å². The molecule has 112 valence electrons. The minimum Gasteiger partial charge on any atom is -0.494 e. The van der Waals surface area contributed by atoms with Crippen LogP contribution in [-0.2, 0) is 10.0 Å². The van der Waals surface area contributed by atoms with E-state index in [2.05, 4.69) is 13.8 Å². The van der Waals surface area contributed by atoms with Crippen LogP contribution in [-0.4, -0.2) is 32.4 Å². The van der Waals surface area contributed by atoms with Crippen LogP contribution in [0.3, 0.4) is 0 Å². The molecule has 0 amide bonds. The van der Waals surface area contributed by atoms with Gasteiger partial charge in [-0.05, 0) is 49.4 Å². The molecule has 1 aromatic rings. The summed E-state index contributed by atoms with van der Waals surface area (Å²) >= 11 is 0. The van der Waals surface area contributed by atoms with Gasteiger partial charge in [-0.15, -0.1) is 0 Å². The van der Waals surface area contributed by atoms with Crippen LogP contribution in [0.2, 0.25) is 0 Å². The number of nitrogens with zero attached hydrogens (tertiary/aromatic N) is 1. The van der Waals surface area contributed by atoms with Crippen LogP contribution in [0.15, 0.2) is 29.2 Å². The van der Waals surface area contributed by atoms with Crippen molar-refractivity contribution >= 4 is 10.0 Å². The van der Waals surface area contributed by atoms with Gasteiger partial charge in [0.05, 0.1) is 11.5 Å². The first-order valence-corrected chi connectivity index (χ1v) is 8.60. The third-order valence-corrected chi connectivity index (χ3v) is 5.45. The maximum Gasteiger partial charge on any atom is 0.243 e. The third-order valence-electron chi connectivity index (χ3n) is 3.61. The number of sulfonamides is 1. The number of hydrogen-bond donors (Lipinski definition) is 0. The fourth-order valence-electron chi connectivity index (χ4n) is 2.83. The van der Waals surface area contributed by atoms with Gasteiger partial charge in [0.1, 0.15) is 5.75 Å². The molecule has 0 aliphatic carbocycles. The topological polar surface area (TPSA) is 46.6 Å². The van der Waals surface area contributed by atoms with E-state index < -0.39 is 10.0 Å². The van der Waals surface area contributed by atoms with Crippen LogP contribution in [0.1, 0.15) is 27.2 Å². The Bertz CT molecular complexity index is 529. The highest BCUT2D eigenvalue weighted by Gasteiger charge is 2.31. The number of rotatable bonds is 4. The van der Waals surface area contributed by atoms with Gasteiger partial charge in [0, 0.05) is 13.1 Å². The molecule has 1 heterocycles. The molecule has 0 spiro atoms. The van der Waals surface area contributed by atoms with Gasteiger partial charge in [0.2, 0.25) is 10.0 Å². The largest absolute Gasteiger partial charge is 0.494 e. The second-order valence-corrected chi connectivity index (χ2v) is 7.61. The number of hydrogen-bond acceptors (Lipinski definition) is 3. The maximum atomic E-state index is 12.6. The molecule has 2 rings (SSSR count). The fourth-order valence-corrected chi connectivity index (χ4v) is 4.51. The maximum absolute atomic E-state index is 12.6. The van der Waals surface area contributed by atoms with Crippen molar-refractivity contribution in [3.8, 4) is 5.75 Å². The summed E-state index contributed by atoms with van der Waals surface area (Å²) in [6, 6.07) is 6.69. The molecule has 0 aromatic heterocycles. The predicted molar refractivity (Wildman–Crippen MR) is 79.3 cm³/mol. The molecule has 1 fully saturated rings. The first-order chi connectivity index (χ1) is 9.43. The zero-order chi connectivity index (χ0) is 14.8. The summed E-state index contributed by atoms with van der Waals surface area (Å²) in [7, 11) is -3.38. The highest BCUT2D eigenvalue weighted by Crippen LogP contribution is 2.27. The summed E-state index contributed by atoms with van der Waals surface area (Å²) in [5, 5.41) is 0. The standard InChI is InChI=1S/C15H23NO3S/c1-4-19-14-5-7-15(8-6-14)20(17,18)16-10-12(2)9-13(3)11-16/h5-8,12-13H,4,9-11H2,1-3H3/t12-,13+. The molecule has 0 N–H and O–H groups in total. The van der Waals surface area contributed by atoms with Crippen molar-refractivity contribution in [3.05, 3.63) is 24.3 Å². The van der Waals surface area contributed by atoms with Crippen molar-refractivity contribution in [1.29, 1.82) is 0 Å². The molecular formula is C15H23NO3S. The molecule has 4 nitrogen and oxygen atoms in total. The van der Waals surface area contributed by atoms with E-state index in [1.807, 2.05) is 6.92 Å². The van der Waals surface area contributed by atoms with Crippen molar-refractivity contribution in [2.75, 3.05) is 19.7 Å². The normalized spacial score (nSPS) is 24.6. The summed E-state index contributed by atoms with van der Waals surface area (Å²) in [5.41, 5.74) is 0. The van der Waals surface area contributed by atoms with Crippen LogP contribution < -0.4 is 4.74 Å². The van der Waals surface area contributed by atoms with Crippen LogP contribution in [0.25, 0.3) is 0 Å². The van der Waals surface area contributed by atoms with E-state index in [1.54, 1.807) is 28.6 Å². The summed E-state index contributed by atoms with van der Waals surface area (Å²) < 4.78 is 32.2. The molecule has 1 aliphatic heterocycles. The van der Waals surface area contributed by atoms with Crippen LogP contribution in [0.4, 0.5) is 0 Å². The Labute approximate surface area is 121 Å². The van der Waals surface area contributed by atoms with Gasteiger partial charge in [0.15, 0.2) is 0 Å². The van der Waals surface area contributed by atoms with Crippen molar-refractivity contribution in [1.82, 2.24) is 4.31 Å². The van der Waals surface area contributed by atoms with Crippen LogP contribution in [0.5, 0.6) is 5.75 Å². The van der Waals surface area contributed by atoms with E-state index in [0.717, 1.165) is 6.42 Å². The van der Waals surface area contributed by atoms with Gasteiger partial charge in [0.25, 0.3) is 0 Å². The molecule has 0 radical (unpaired) electrons. The predicted octanol–water partition coefficient (Wildman–Crippen LogP) is 2.75. The van der Waals surface area contributed by atoms with Crippen LogP contribution >= 0.6 is 0 Å². The lowest BCUT2D eigenvalue weighted by molar-refractivity contribution is 0.222. The molecule has 0 saturated carbocycles. The molecule has 5 heteroatoms. The van der Waals surface area contributed by atoms with Gasteiger partial charge in [-0.25, -0.2) is 8.42 Å². The minimum atomic E-state index is -3.38. The highest BCUT2D eigenvalue weighted by molar-refractivity contribution is 7.89. The van der Waals surface area contributed by atoms with Gasteiger partial charge in [-0.2, -0.15) is 4.31 Å². The Morgan fingerprint density at radius 1 is 1.15 bits per heavy atom. The average molecular weight is 297 g/mol. The van der Waals surface area contributed by atoms with E-state index in [1.165, 1.54) is 0 Å². The van der Waals surface area contributed by atoms with Crippen molar-refractivity contribution in [2.45, 2.75) is 32.1 Å². The molecule has 20 heavy (non-hydrogen) atoms.